The molecule has 6 heteroatoms. The molecule has 0 aromatic heterocycles. The average molecular weight is 208 g/mol. The summed E-state index contributed by atoms with van der Waals surface area (Å²) in [4.78, 5) is 21.6. The zero-order chi connectivity index (χ0) is 10.7. The van der Waals surface area contributed by atoms with Crippen LogP contribution in [0, 0.1) is 0 Å². The van der Waals surface area contributed by atoms with E-state index in [1.54, 1.807) is 0 Å². The Morgan fingerprint density at radius 3 is 1.73 bits per heavy atom. The van der Waals surface area contributed by atoms with Crippen molar-refractivity contribution >= 4 is 23.2 Å². The van der Waals surface area contributed by atoms with Crippen molar-refractivity contribution in [1.29, 1.82) is 0 Å². The summed E-state index contributed by atoms with van der Waals surface area (Å²) in [6, 6.07) is 0. The molecule has 0 atom stereocenters. The normalized spacial score (nSPS) is 19.7. The largest absolute Gasteiger partial charge is 0.273 e. The molecule has 0 radical (unpaired) electrons. The van der Waals surface area contributed by atoms with Crippen molar-refractivity contribution in [3.8, 4) is 0 Å². The Bertz CT molecular complexity index is 325. The fourth-order valence-electron chi connectivity index (χ4n) is 1.60. The lowest BCUT2D eigenvalue weighted by molar-refractivity contribution is -0.120. The molecule has 0 bridgehead atoms. The highest BCUT2D eigenvalue weighted by Gasteiger charge is 2.16. The van der Waals surface area contributed by atoms with Crippen LogP contribution in [0.5, 0.6) is 0 Å². The topological polar surface area (TPSA) is 82.9 Å². The molecule has 0 aromatic carbocycles. The third-order valence-electron chi connectivity index (χ3n) is 2.34. The second-order valence-corrected chi connectivity index (χ2v) is 3.63. The van der Waals surface area contributed by atoms with Gasteiger partial charge in [-0.05, 0) is 19.3 Å². The van der Waals surface area contributed by atoms with Crippen LogP contribution in [0.1, 0.15) is 32.1 Å². The second kappa shape index (κ2) is 4.20. The van der Waals surface area contributed by atoms with Gasteiger partial charge in [0.25, 0.3) is 0 Å². The van der Waals surface area contributed by atoms with Crippen molar-refractivity contribution in [3.63, 3.8) is 0 Å². The molecule has 6 nitrogen and oxygen atoms in total. The number of nitrogens with zero attached hydrogens (tertiary/aromatic N) is 2. The highest BCUT2D eigenvalue weighted by molar-refractivity contribution is 6.06. The first-order valence-corrected chi connectivity index (χ1v) is 4.92. The number of rotatable bonds is 4. The Morgan fingerprint density at radius 2 is 1.40 bits per heavy atom. The molecule has 80 valence electrons. The van der Waals surface area contributed by atoms with E-state index >= 15 is 0 Å². The lowest BCUT2D eigenvalue weighted by atomic mass is 10.1. The van der Waals surface area contributed by atoms with Crippen LogP contribution in [0.3, 0.4) is 0 Å². The van der Waals surface area contributed by atoms with Gasteiger partial charge in [-0.25, -0.2) is 10.9 Å². The molecule has 0 fully saturated rings. The number of carbonyl (C=O) groups excluding carboxylic acids is 2. The van der Waals surface area contributed by atoms with Crippen LogP contribution in [0.4, 0.5) is 0 Å². The van der Waals surface area contributed by atoms with Crippen LogP contribution in [0.25, 0.3) is 0 Å². The quantitative estimate of drug-likeness (QED) is 0.676. The van der Waals surface area contributed by atoms with Gasteiger partial charge < -0.3 is 0 Å². The second-order valence-electron chi connectivity index (χ2n) is 3.63. The van der Waals surface area contributed by atoms with Crippen LogP contribution in [0.2, 0.25) is 0 Å². The molecule has 0 aliphatic carbocycles. The van der Waals surface area contributed by atoms with E-state index < -0.39 is 0 Å². The van der Waals surface area contributed by atoms with E-state index in [1.165, 1.54) is 0 Å². The van der Waals surface area contributed by atoms with Crippen LogP contribution < -0.4 is 10.9 Å². The molecule has 2 aliphatic heterocycles. The molecule has 0 spiro atoms. The molecule has 15 heavy (non-hydrogen) atoms. The highest BCUT2D eigenvalue weighted by Crippen LogP contribution is 2.09. The third kappa shape index (κ3) is 2.61. The zero-order valence-corrected chi connectivity index (χ0v) is 8.25. The predicted molar refractivity (Wildman–Crippen MR) is 54.2 cm³/mol. The summed E-state index contributed by atoms with van der Waals surface area (Å²) in [5.74, 6) is -0.0832. The fourth-order valence-corrected chi connectivity index (χ4v) is 1.60. The summed E-state index contributed by atoms with van der Waals surface area (Å²) in [7, 11) is 0. The van der Waals surface area contributed by atoms with Gasteiger partial charge in [-0.1, -0.05) is 0 Å². The van der Waals surface area contributed by atoms with Crippen molar-refractivity contribution < 1.29 is 9.59 Å². The third-order valence-corrected chi connectivity index (χ3v) is 2.34. The standard InChI is InChI=1S/C9H12N4O2/c14-8-4-6(10-12-8)2-1-3-7-5-9(15)13-11-7/h1-5H2,(H,12,14)(H,13,15). The predicted octanol–water partition coefficient (Wildman–Crippen LogP) is -0.0915. The van der Waals surface area contributed by atoms with Crippen LogP contribution in [-0.4, -0.2) is 23.2 Å². The maximum Gasteiger partial charge on any atom is 0.245 e. The average Bonchev–Trinajstić information content (AvgIpc) is 2.76. The van der Waals surface area contributed by atoms with Crippen molar-refractivity contribution in [2.45, 2.75) is 32.1 Å². The fraction of sp³-hybridized carbons (Fsp3) is 0.556. The van der Waals surface area contributed by atoms with E-state index in [-0.39, 0.29) is 11.8 Å². The van der Waals surface area contributed by atoms with Crippen molar-refractivity contribution in [3.05, 3.63) is 0 Å². The Kier molecular flexibility index (Phi) is 2.75. The molecule has 0 saturated carbocycles. The first-order valence-electron chi connectivity index (χ1n) is 4.92. The van der Waals surface area contributed by atoms with E-state index in [1.807, 2.05) is 0 Å². The molecule has 0 unspecified atom stereocenters. The summed E-state index contributed by atoms with van der Waals surface area (Å²) in [5, 5.41) is 7.78. The molecule has 2 heterocycles. The first kappa shape index (κ1) is 9.82. The molecular weight excluding hydrogens is 196 g/mol. The van der Waals surface area contributed by atoms with Gasteiger partial charge >= 0.3 is 0 Å². The van der Waals surface area contributed by atoms with Gasteiger partial charge in [-0.3, -0.25) is 9.59 Å². The van der Waals surface area contributed by atoms with Gasteiger partial charge in [0.1, 0.15) is 0 Å². The summed E-state index contributed by atoms with van der Waals surface area (Å²) in [6.07, 6.45) is 3.26. The Balaban J connectivity index is 1.67. The monoisotopic (exact) mass is 208 g/mol. The van der Waals surface area contributed by atoms with E-state index in [9.17, 15) is 9.59 Å². The summed E-state index contributed by atoms with van der Waals surface area (Å²) in [5.41, 5.74) is 6.59. The summed E-state index contributed by atoms with van der Waals surface area (Å²) >= 11 is 0. The minimum atomic E-state index is -0.0416. The highest BCUT2D eigenvalue weighted by atomic mass is 16.2. The lowest BCUT2D eigenvalue weighted by Crippen LogP contribution is -2.09. The molecule has 2 aliphatic rings. The van der Waals surface area contributed by atoms with Crippen LogP contribution in [0.15, 0.2) is 10.2 Å². The van der Waals surface area contributed by atoms with E-state index in [2.05, 4.69) is 21.1 Å². The number of amides is 2. The van der Waals surface area contributed by atoms with Gasteiger partial charge in [0.15, 0.2) is 0 Å². The number of nitrogens with one attached hydrogen (secondary N) is 2. The smallest absolute Gasteiger partial charge is 0.245 e. The van der Waals surface area contributed by atoms with Gasteiger partial charge in [0, 0.05) is 11.4 Å². The molecule has 2 N–H and O–H groups in total. The van der Waals surface area contributed by atoms with E-state index in [4.69, 9.17) is 0 Å². The number of hydrogen-bond acceptors (Lipinski definition) is 4. The summed E-state index contributed by atoms with van der Waals surface area (Å²) < 4.78 is 0. The minimum Gasteiger partial charge on any atom is -0.273 e. The van der Waals surface area contributed by atoms with Gasteiger partial charge in [0.2, 0.25) is 11.8 Å². The molecular formula is C9H12N4O2. The maximum absolute atomic E-state index is 10.8. The Morgan fingerprint density at radius 1 is 0.933 bits per heavy atom. The first-order chi connectivity index (χ1) is 7.24. The van der Waals surface area contributed by atoms with Gasteiger partial charge in [-0.2, -0.15) is 10.2 Å². The molecule has 2 amide bonds. The molecule has 0 aromatic rings. The maximum atomic E-state index is 10.8. The van der Waals surface area contributed by atoms with Crippen LogP contribution >= 0.6 is 0 Å². The number of carbonyl (C=O) groups is 2. The van der Waals surface area contributed by atoms with E-state index in [0.29, 0.717) is 12.8 Å². The van der Waals surface area contributed by atoms with Crippen LogP contribution in [-0.2, 0) is 9.59 Å². The lowest BCUT2D eigenvalue weighted by Gasteiger charge is -1.97. The molecule has 2 rings (SSSR count). The SMILES string of the molecule is O=C1CC(CCCC2=NNC(=O)C2)=NN1. The van der Waals surface area contributed by atoms with Crippen molar-refractivity contribution in [2.24, 2.45) is 10.2 Å². The minimum absolute atomic E-state index is 0.0416. The van der Waals surface area contributed by atoms with Gasteiger partial charge in [-0.15, -0.1) is 0 Å². The number of hydrazone groups is 2. The van der Waals surface area contributed by atoms with Crippen molar-refractivity contribution in [2.75, 3.05) is 0 Å². The van der Waals surface area contributed by atoms with Gasteiger partial charge in [0.05, 0.1) is 12.8 Å². The Labute approximate surface area is 86.8 Å². The number of hydrogen-bond donors (Lipinski definition) is 2. The zero-order valence-electron chi connectivity index (χ0n) is 8.25. The molecule has 0 saturated heterocycles. The summed E-state index contributed by atoms with van der Waals surface area (Å²) in [6.45, 7) is 0. The Hall–Kier alpha value is -1.72. The van der Waals surface area contributed by atoms with E-state index in [0.717, 1.165) is 30.7 Å². The van der Waals surface area contributed by atoms with Crippen molar-refractivity contribution in [1.82, 2.24) is 10.9 Å².